The van der Waals surface area contributed by atoms with Gasteiger partial charge in [0, 0.05) is 43.8 Å². The summed E-state index contributed by atoms with van der Waals surface area (Å²) in [6, 6.07) is 22.0. The van der Waals surface area contributed by atoms with E-state index < -0.39 is 10.0 Å². The van der Waals surface area contributed by atoms with E-state index in [1.807, 2.05) is 43.3 Å². The molecule has 0 radical (unpaired) electrons. The van der Waals surface area contributed by atoms with Crippen LogP contribution in [0.15, 0.2) is 77.7 Å². The Morgan fingerprint density at radius 2 is 1.93 bits per heavy atom. The number of carbonyl (C=O) groups is 1. The van der Waals surface area contributed by atoms with Crippen LogP contribution in [-0.4, -0.2) is 67.9 Å². The molecule has 2 amide bonds. The van der Waals surface area contributed by atoms with Crippen LogP contribution < -0.4 is 15.4 Å². The Hall–Kier alpha value is -4.21. The first-order valence-corrected chi connectivity index (χ1v) is 15.6. The first kappa shape index (κ1) is 30.3. The number of aryl methyl sites for hydroxylation is 1. The van der Waals surface area contributed by atoms with Gasteiger partial charge in [-0.05, 0) is 68.4 Å². The van der Waals surface area contributed by atoms with Crippen molar-refractivity contribution in [1.29, 1.82) is 5.26 Å². The normalized spacial score (nSPS) is 15.4. The van der Waals surface area contributed by atoms with Gasteiger partial charge in [0.05, 0.1) is 21.1 Å². The maximum absolute atomic E-state index is 13.4. The zero-order chi connectivity index (χ0) is 30.6. The van der Waals surface area contributed by atoms with Gasteiger partial charge in [0.1, 0.15) is 23.1 Å². The van der Waals surface area contributed by atoms with E-state index in [0.717, 1.165) is 23.1 Å². The number of nitrogens with zero attached hydrogens (tertiary/aromatic N) is 4. The van der Waals surface area contributed by atoms with Crippen molar-refractivity contribution in [1.82, 2.24) is 19.5 Å². The Morgan fingerprint density at radius 3 is 2.70 bits per heavy atom. The van der Waals surface area contributed by atoms with Crippen LogP contribution in [0.25, 0.3) is 10.9 Å². The number of nitriles is 1. The summed E-state index contributed by atoms with van der Waals surface area (Å²) in [5, 5.41) is 16.3. The maximum atomic E-state index is 13.4. The van der Waals surface area contributed by atoms with E-state index in [-0.39, 0.29) is 27.6 Å². The van der Waals surface area contributed by atoms with Crippen LogP contribution in [0.1, 0.15) is 17.7 Å². The number of carbonyl (C=O) groups excluding carboxylic acids is 1. The van der Waals surface area contributed by atoms with E-state index >= 15 is 0 Å². The molecule has 1 atom stereocenters. The van der Waals surface area contributed by atoms with Crippen molar-refractivity contribution in [2.45, 2.75) is 24.3 Å². The van der Waals surface area contributed by atoms with E-state index in [4.69, 9.17) is 16.3 Å². The molecular weight excluding hydrogens is 588 g/mol. The molecule has 1 fully saturated rings. The lowest BCUT2D eigenvalue weighted by atomic mass is 10.1. The molecule has 1 saturated heterocycles. The van der Waals surface area contributed by atoms with Crippen LogP contribution in [0.3, 0.4) is 0 Å². The summed E-state index contributed by atoms with van der Waals surface area (Å²) in [6.45, 7) is 4.16. The number of sulfonamides is 1. The van der Waals surface area contributed by atoms with Gasteiger partial charge in [0.2, 0.25) is 10.0 Å². The molecule has 12 heteroatoms. The van der Waals surface area contributed by atoms with Crippen molar-refractivity contribution >= 4 is 44.2 Å². The fourth-order valence-corrected chi connectivity index (χ4v) is 6.67. The van der Waals surface area contributed by atoms with E-state index in [0.29, 0.717) is 43.2 Å². The number of likely N-dealkylation sites (N-methyl/N-ethyl adjacent to an activating group) is 1. The van der Waals surface area contributed by atoms with Gasteiger partial charge in [0.25, 0.3) is 0 Å². The number of likely N-dealkylation sites (tertiary alicyclic amines) is 1. The Bertz CT molecular complexity index is 1790. The predicted molar refractivity (Wildman–Crippen MR) is 166 cm³/mol. The highest BCUT2D eigenvalue weighted by molar-refractivity contribution is 7.89. The largest absolute Gasteiger partial charge is 0.456 e. The van der Waals surface area contributed by atoms with Crippen molar-refractivity contribution < 1.29 is 17.9 Å². The molecule has 1 aliphatic heterocycles. The molecule has 2 heterocycles. The van der Waals surface area contributed by atoms with Crippen molar-refractivity contribution in [3.63, 3.8) is 0 Å². The van der Waals surface area contributed by atoms with E-state index in [9.17, 15) is 18.5 Å². The molecule has 10 nitrogen and oxygen atoms in total. The highest BCUT2D eigenvalue weighted by Crippen LogP contribution is 2.31. The van der Waals surface area contributed by atoms with Gasteiger partial charge < -0.3 is 15.4 Å². The van der Waals surface area contributed by atoms with E-state index in [1.165, 1.54) is 16.4 Å². The summed E-state index contributed by atoms with van der Waals surface area (Å²) in [5.41, 5.74) is 2.53. The van der Waals surface area contributed by atoms with Crippen molar-refractivity contribution in [3.8, 4) is 17.6 Å². The number of aromatic nitrogens is 1. The number of fused-ring (bicyclic) bond motifs is 1. The minimum absolute atomic E-state index is 0.143. The molecule has 0 spiro atoms. The molecule has 4 aromatic rings. The van der Waals surface area contributed by atoms with Crippen LogP contribution in [0, 0.1) is 18.3 Å². The van der Waals surface area contributed by atoms with Crippen LogP contribution in [0.5, 0.6) is 11.5 Å². The molecule has 5 rings (SSSR count). The first-order chi connectivity index (χ1) is 20.7. The number of rotatable bonds is 9. The molecule has 1 aliphatic rings. The van der Waals surface area contributed by atoms with Gasteiger partial charge in [-0.1, -0.05) is 35.9 Å². The third-order valence-electron chi connectivity index (χ3n) is 7.38. The number of urea groups is 1. The number of ether oxygens (including phenoxy) is 1. The number of benzene rings is 3. The molecular formula is C31H31ClN6O4S. The highest BCUT2D eigenvalue weighted by Gasteiger charge is 2.33. The highest BCUT2D eigenvalue weighted by atomic mass is 35.5. The third-order valence-corrected chi connectivity index (χ3v) is 9.62. The number of halogens is 1. The average molecular weight is 619 g/mol. The summed E-state index contributed by atoms with van der Waals surface area (Å²) in [7, 11) is -2.16. The van der Waals surface area contributed by atoms with E-state index in [1.54, 1.807) is 37.4 Å². The topological polar surface area (TPSA) is 128 Å². The van der Waals surface area contributed by atoms with Crippen molar-refractivity contribution in [2.75, 3.05) is 38.5 Å². The second-order valence-corrected chi connectivity index (χ2v) is 12.7. The standard InChI is InChI=1S/C31H31ClN6O4S/c1-21-18-29(25-6-3-4-8-28(25)35-21)36-31(39)34-15-17-38-16-14-22(20-38)37(2)43(40,41)24-12-10-23(11-13-24)42-30-9-5-7-27(32)26(30)19-33/h3-13,18,22H,14-17,20H2,1-2H3,(H2,34,35,36,39). The number of hydrogen-bond acceptors (Lipinski definition) is 7. The van der Waals surface area contributed by atoms with Gasteiger partial charge in [-0.3, -0.25) is 9.88 Å². The van der Waals surface area contributed by atoms with Crippen molar-refractivity contribution in [2.24, 2.45) is 0 Å². The Morgan fingerprint density at radius 1 is 1.16 bits per heavy atom. The molecule has 0 saturated carbocycles. The predicted octanol–water partition coefficient (Wildman–Crippen LogP) is 5.38. The van der Waals surface area contributed by atoms with Crippen molar-refractivity contribution in [3.05, 3.63) is 89.1 Å². The van der Waals surface area contributed by atoms with Crippen LogP contribution in [0.2, 0.25) is 5.02 Å². The number of hydrogen-bond donors (Lipinski definition) is 2. The molecule has 3 aromatic carbocycles. The molecule has 1 aromatic heterocycles. The summed E-state index contributed by atoms with van der Waals surface area (Å²) < 4.78 is 33.9. The molecule has 222 valence electrons. The van der Waals surface area contributed by atoms with E-state index in [2.05, 4.69) is 20.5 Å². The second kappa shape index (κ2) is 13.0. The van der Waals surface area contributed by atoms with Gasteiger partial charge in [-0.2, -0.15) is 9.57 Å². The fraction of sp³-hybridized carbons (Fsp3) is 0.258. The summed E-state index contributed by atoms with van der Waals surface area (Å²) in [5.74, 6) is 0.679. The minimum atomic E-state index is -3.75. The number of para-hydroxylation sites is 1. The number of pyridine rings is 1. The minimum Gasteiger partial charge on any atom is -0.456 e. The molecule has 1 unspecified atom stereocenters. The zero-order valence-electron chi connectivity index (χ0n) is 23.7. The molecule has 2 N–H and O–H groups in total. The summed E-state index contributed by atoms with van der Waals surface area (Å²) in [6.07, 6.45) is 0.678. The summed E-state index contributed by atoms with van der Waals surface area (Å²) in [4.78, 5) is 19.4. The number of amides is 2. The average Bonchev–Trinajstić information content (AvgIpc) is 3.46. The fourth-order valence-electron chi connectivity index (χ4n) is 5.08. The molecule has 43 heavy (non-hydrogen) atoms. The lowest BCUT2D eigenvalue weighted by Crippen LogP contribution is -2.40. The van der Waals surface area contributed by atoms with Crippen LogP contribution >= 0.6 is 11.6 Å². The maximum Gasteiger partial charge on any atom is 0.319 e. The van der Waals surface area contributed by atoms with Gasteiger partial charge in [0.15, 0.2) is 0 Å². The van der Waals surface area contributed by atoms with Gasteiger partial charge in [-0.25, -0.2) is 13.2 Å². The lowest BCUT2D eigenvalue weighted by molar-refractivity contribution is 0.248. The smallest absolute Gasteiger partial charge is 0.319 e. The summed E-state index contributed by atoms with van der Waals surface area (Å²) >= 11 is 6.07. The second-order valence-electron chi connectivity index (χ2n) is 10.3. The zero-order valence-corrected chi connectivity index (χ0v) is 25.3. The molecule has 0 aliphatic carbocycles. The Balaban J connectivity index is 1.13. The van der Waals surface area contributed by atoms with Crippen LogP contribution in [-0.2, 0) is 10.0 Å². The third kappa shape index (κ3) is 6.89. The number of nitrogens with one attached hydrogen (secondary N) is 2. The monoisotopic (exact) mass is 618 g/mol. The number of anilines is 1. The Kier molecular flexibility index (Phi) is 9.13. The lowest BCUT2D eigenvalue weighted by Gasteiger charge is -2.24. The SMILES string of the molecule is Cc1cc(NC(=O)NCCN2CCC(N(C)S(=O)(=O)c3ccc(Oc4cccc(Cl)c4C#N)cc3)C2)c2ccccc2n1. The quantitative estimate of drug-likeness (QED) is 0.258. The van der Waals surface area contributed by atoms with Gasteiger partial charge >= 0.3 is 6.03 Å². The van der Waals surface area contributed by atoms with Crippen LogP contribution in [0.4, 0.5) is 10.5 Å². The Labute approximate surface area is 255 Å². The van der Waals surface area contributed by atoms with Gasteiger partial charge in [-0.15, -0.1) is 0 Å². The molecule has 0 bridgehead atoms. The first-order valence-electron chi connectivity index (χ1n) is 13.7.